The average Bonchev–Trinajstić information content (AvgIpc) is 2.46. The largest absolute Gasteiger partial charge is 0.482 e. The van der Waals surface area contributed by atoms with E-state index >= 15 is 0 Å². The maximum atomic E-state index is 12.3. The van der Waals surface area contributed by atoms with Gasteiger partial charge in [0.1, 0.15) is 17.6 Å². The van der Waals surface area contributed by atoms with E-state index in [1.54, 1.807) is 12.1 Å². The maximum Gasteiger partial charge on any atom is 0.387 e. The van der Waals surface area contributed by atoms with Crippen LogP contribution in [0.5, 0.6) is 11.5 Å². The zero-order chi connectivity index (χ0) is 14.8. The van der Waals surface area contributed by atoms with Crippen molar-refractivity contribution in [3.8, 4) is 11.5 Å². The Morgan fingerprint density at radius 3 is 2.90 bits per heavy atom. The molecule has 0 amide bonds. The smallest absolute Gasteiger partial charge is 0.387 e. The van der Waals surface area contributed by atoms with Crippen LogP contribution in [-0.2, 0) is 0 Å². The van der Waals surface area contributed by atoms with Crippen molar-refractivity contribution in [1.82, 2.24) is 0 Å². The third-order valence-electron chi connectivity index (χ3n) is 3.34. The van der Waals surface area contributed by atoms with Crippen LogP contribution in [0.4, 0.5) is 14.5 Å². The van der Waals surface area contributed by atoms with E-state index in [9.17, 15) is 8.78 Å². The minimum atomic E-state index is -2.82. The lowest BCUT2D eigenvalue weighted by Gasteiger charge is -2.28. The molecule has 0 fully saturated rings. The Morgan fingerprint density at radius 2 is 2.10 bits per heavy atom. The second-order valence-corrected chi connectivity index (χ2v) is 4.94. The first-order chi connectivity index (χ1) is 10.1. The first-order valence-electron chi connectivity index (χ1n) is 6.68. The molecule has 110 valence electrons. The van der Waals surface area contributed by atoms with E-state index in [4.69, 9.17) is 4.74 Å². The molecule has 0 saturated carbocycles. The van der Waals surface area contributed by atoms with Gasteiger partial charge >= 0.3 is 6.61 Å². The fourth-order valence-electron chi connectivity index (χ4n) is 2.35. The van der Waals surface area contributed by atoms with Crippen LogP contribution in [0.1, 0.15) is 17.2 Å². The Labute approximate surface area is 121 Å². The van der Waals surface area contributed by atoms with Gasteiger partial charge < -0.3 is 14.8 Å². The lowest BCUT2D eigenvalue weighted by Crippen LogP contribution is -2.23. The van der Waals surface area contributed by atoms with Gasteiger partial charge in [0.2, 0.25) is 0 Å². The van der Waals surface area contributed by atoms with Crippen LogP contribution in [-0.4, -0.2) is 13.2 Å². The van der Waals surface area contributed by atoms with Crippen LogP contribution < -0.4 is 14.8 Å². The molecule has 0 bridgehead atoms. The molecule has 2 aromatic carbocycles. The second-order valence-electron chi connectivity index (χ2n) is 4.94. The zero-order valence-corrected chi connectivity index (χ0v) is 11.5. The highest BCUT2D eigenvalue weighted by molar-refractivity contribution is 5.59. The van der Waals surface area contributed by atoms with Crippen molar-refractivity contribution in [2.45, 2.75) is 19.6 Å². The molecule has 2 aromatic rings. The number of hydrogen-bond donors (Lipinski definition) is 1. The minimum Gasteiger partial charge on any atom is -0.482 e. The number of halogens is 2. The molecular weight excluding hydrogens is 276 g/mol. The van der Waals surface area contributed by atoms with Gasteiger partial charge in [0.15, 0.2) is 0 Å². The number of anilines is 1. The summed E-state index contributed by atoms with van der Waals surface area (Å²) >= 11 is 0. The highest BCUT2D eigenvalue weighted by atomic mass is 19.3. The SMILES string of the molecule is Cc1ccc2c(c1)OC(c1cccc(OC(F)F)c1)CN2. The third-order valence-corrected chi connectivity index (χ3v) is 3.34. The van der Waals surface area contributed by atoms with Crippen LogP contribution in [0.15, 0.2) is 42.5 Å². The van der Waals surface area contributed by atoms with Gasteiger partial charge in [-0.15, -0.1) is 0 Å². The third kappa shape index (κ3) is 3.07. The van der Waals surface area contributed by atoms with Crippen LogP contribution >= 0.6 is 0 Å². The first kappa shape index (κ1) is 13.7. The summed E-state index contributed by atoms with van der Waals surface area (Å²) in [7, 11) is 0. The number of aryl methyl sites for hydroxylation is 1. The summed E-state index contributed by atoms with van der Waals surface area (Å²) < 4.78 is 34.9. The van der Waals surface area contributed by atoms with Gasteiger partial charge in [-0.1, -0.05) is 18.2 Å². The van der Waals surface area contributed by atoms with Crippen LogP contribution in [0.2, 0.25) is 0 Å². The minimum absolute atomic E-state index is 0.140. The molecule has 1 unspecified atom stereocenters. The number of nitrogens with one attached hydrogen (secondary N) is 1. The molecule has 1 aliphatic heterocycles. The average molecular weight is 291 g/mol. The summed E-state index contributed by atoms with van der Waals surface area (Å²) in [5.74, 6) is 0.910. The first-order valence-corrected chi connectivity index (χ1v) is 6.68. The van der Waals surface area contributed by atoms with Gasteiger partial charge in [-0.2, -0.15) is 8.78 Å². The number of fused-ring (bicyclic) bond motifs is 1. The molecule has 0 saturated heterocycles. The number of rotatable bonds is 3. The number of alkyl halides is 2. The van der Waals surface area contributed by atoms with Crippen molar-refractivity contribution in [1.29, 1.82) is 0 Å². The van der Waals surface area contributed by atoms with E-state index in [0.29, 0.717) is 6.54 Å². The van der Waals surface area contributed by atoms with Gasteiger partial charge in [-0.3, -0.25) is 0 Å². The van der Waals surface area contributed by atoms with Crippen molar-refractivity contribution in [2.75, 3.05) is 11.9 Å². The molecule has 21 heavy (non-hydrogen) atoms. The van der Waals surface area contributed by atoms with Gasteiger partial charge in [0, 0.05) is 0 Å². The molecule has 1 atom stereocenters. The number of benzene rings is 2. The normalized spacial score (nSPS) is 16.9. The fraction of sp³-hybridized carbons (Fsp3) is 0.250. The maximum absolute atomic E-state index is 12.3. The molecule has 3 nitrogen and oxygen atoms in total. The van der Waals surface area contributed by atoms with E-state index in [-0.39, 0.29) is 11.9 Å². The van der Waals surface area contributed by atoms with E-state index in [0.717, 1.165) is 22.6 Å². The number of hydrogen-bond acceptors (Lipinski definition) is 3. The van der Waals surface area contributed by atoms with Gasteiger partial charge in [-0.25, -0.2) is 0 Å². The molecule has 0 spiro atoms. The molecule has 0 radical (unpaired) electrons. The van der Waals surface area contributed by atoms with E-state index < -0.39 is 6.61 Å². The predicted molar refractivity (Wildman–Crippen MR) is 76.1 cm³/mol. The van der Waals surface area contributed by atoms with Crippen LogP contribution in [0.25, 0.3) is 0 Å². The number of ether oxygens (including phenoxy) is 2. The molecular formula is C16H15F2NO2. The molecule has 3 rings (SSSR count). The van der Waals surface area contributed by atoms with Gasteiger partial charge in [-0.05, 0) is 42.3 Å². The van der Waals surface area contributed by atoms with E-state index in [1.807, 2.05) is 31.2 Å². The Bertz CT molecular complexity index is 646. The van der Waals surface area contributed by atoms with Crippen molar-refractivity contribution in [3.63, 3.8) is 0 Å². The molecule has 0 aromatic heterocycles. The molecule has 5 heteroatoms. The van der Waals surface area contributed by atoms with E-state index in [2.05, 4.69) is 10.1 Å². The van der Waals surface area contributed by atoms with Crippen molar-refractivity contribution in [3.05, 3.63) is 53.6 Å². The summed E-state index contributed by atoms with van der Waals surface area (Å²) in [6, 6.07) is 12.5. The lowest BCUT2D eigenvalue weighted by molar-refractivity contribution is -0.0499. The Morgan fingerprint density at radius 1 is 1.24 bits per heavy atom. The van der Waals surface area contributed by atoms with Crippen LogP contribution in [0.3, 0.4) is 0 Å². The summed E-state index contributed by atoms with van der Waals surface area (Å²) in [6.07, 6.45) is -0.236. The monoisotopic (exact) mass is 291 g/mol. The standard InChI is InChI=1S/C16H15F2NO2/c1-10-5-6-13-14(7-10)21-15(9-19-13)11-3-2-4-12(8-11)20-16(17)18/h2-8,15-16,19H,9H2,1H3. The van der Waals surface area contributed by atoms with Crippen molar-refractivity contribution in [2.24, 2.45) is 0 Å². The predicted octanol–water partition coefficient (Wildman–Crippen LogP) is 4.14. The van der Waals surface area contributed by atoms with Gasteiger partial charge in [0.05, 0.1) is 12.2 Å². The van der Waals surface area contributed by atoms with E-state index in [1.165, 1.54) is 6.07 Å². The van der Waals surface area contributed by atoms with Gasteiger partial charge in [0.25, 0.3) is 0 Å². The Balaban J connectivity index is 1.82. The van der Waals surface area contributed by atoms with Crippen molar-refractivity contribution < 1.29 is 18.3 Å². The molecule has 1 heterocycles. The lowest BCUT2D eigenvalue weighted by atomic mass is 10.1. The van der Waals surface area contributed by atoms with Crippen LogP contribution in [0, 0.1) is 6.92 Å². The Kier molecular flexibility index (Phi) is 3.64. The highest BCUT2D eigenvalue weighted by Gasteiger charge is 2.21. The second kappa shape index (κ2) is 5.60. The summed E-state index contributed by atoms with van der Waals surface area (Å²) in [4.78, 5) is 0. The quantitative estimate of drug-likeness (QED) is 0.921. The Hall–Kier alpha value is -2.30. The summed E-state index contributed by atoms with van der Waals surface area (Å²) in [5.41, 5.74) is 2.84. The fourth-order valence-corrected chi connectivity index (χ4v) is 2.35. The molecule has 1 aliphatic rings. The molecule has 0 aliphatic carbocycles. The zero-order valence-electron chi connectivity index (χ0n) is 11.5. The topological polar surface area (TPSA) is 30.5 Å². The van der Waals surface area contributed by atoms with Crippen molar-refractivity contribution >= 4 is 5.69 Å². The summed E-state index contributed by atoms with van der Waals surface area (Å²) in [6.45, 7) is -0.257. The highest BCUT2D eigenvalue weighted by Crippen LogP contribution is 2.35. The summed E-state index contributed by atoms with van der Waals surface area (Å²) in [5, 5.41) is 3.28. The molecule has 1 N–H and O–H groups in total.